The number of Topliss-reactive ketones (excluding diaryl/α,β-unsaturated/α-hetero) is 1. The van der Waals surface area contributed by atoms with Crippen molar-refractivity contribution in [2.45, 2.75) is 0 Å². The number of thiazole rings is 1. The lowest BCUT2D eigenvalue weighted by molar-refractivity contribution is 0.101. The molecule has 0 fully saturated rings. The van der Waals surface area contributed by atoms with Crippen molar-refractivity contribution in [3.05, 3.63) is 28.2 Å². The van der Waals surface area contributed by atoms with Crippen LogP contribution in [-0.2, 0) is 0 Å². The molecule has 0 saturated heterocycles. The molecule has 2 aromatic rings. The summed E-state index contributed by atoms with van der Waals surface area (Å²) in [7, 11) is 0. The lowest BCUT2D eigenvalue weighted by atomic mass is 10.2. The minimum Gasteiger partial charge on any atom is -0.454 e. The first-order chi connectivity index (χ1) is 9.19. The standard InChI is InChI=1S/C12H7Cl2NO3S/c13-3-9(16)8-4-19-12(15-8)6-1-7(14)11-10(2-6)17-5-18-11/h1-2,4H,3,5H2. The Morgan fingerprint density at radius 1 is 1.42 bits per heavy atom. The van der Waals surface area contributed by atoms with E-state index in [9.17, 15) is 4.79 Å². The molecule has 1 aliphatic heterocycles. The zero-order chi connectivity index (χ0) is 13.4. The molecular weight excluding hydrogens is 309 g/mol. The minimum atomic E-state index is -0.198. The topological polar surface area (TPSA) is 48.4 Å². The fourth-order valence-electron chi connectivity index (χ4n) is 1.69. The van der Waals surface area contributed by atoms with Gasteiger partial charge in [-0.3, -0.25) is 4.79 Å². The van der Waals surface area contributed by atoms with E-state index in [0.29, 0.717) is 27.2 Å². The Labute approximate surface area is 122 Å². The molecular formula is C12H7Cl2NO3S. The third-order valence-corrected chi connectivity index (χ3v) is 4.00. The Morgan fingerprint density at radius 3 is 3.05 bits per heavy atom. The fraction of sp³-hybridized carbons (Fsp3) is 0.167. The number of carbonyl (C=O) groups excluding carboxylic acids is 1. The van der Waals surface area contributed by atoms with E-state index in [1.54, 1.807) is 17.5 Å². The molecule has 0 N–H and O–H groups in total. The summed E-state index contributed by atoms with van der Waals surface area (Å²) in [4.78, 5) is 15.7. The van der Waals surface area contributed by atoms with Crippen LogP contribution in [0.15, 0.2) is 17.5 Å². The number of ketones is 1. The van der Waals surface area contributed by atoms with Crippen LogP contribution < -0.4 is 9.47 Å². The predicted octanol–water partition coefficient (Wildman–Crippen LogP) is 3.61. The Bertz CT molecular complexity index is 656. The minimum absolute atomic E-state index is 0.0783. The van der Waals surface area contributed by atoms with Crippen molar-refractivity contribution in [2.24, 2.45) is 0 Å². The van der Waals surface area contributed by atoms with E-state index in [0.717, 1.165) is 5.56 Å². The maximum absolute atomic E-state index is 11.5. The van der Waals surface area contributed by atoms with Gasteiger partial charge >= 0.3 is 0 Å². The molecule has 0 bridgehead atoms. The molecule has 0 spiro atoms. The van der Waals surface area contributed by atoms with E-state index in [1.165, 1.54) is 11.3 Å². The summed E-state index contributed by atoms with van der Waals surface area (Å²) < 4.78 is 10.5. The summed E-state index contributed by atoms with van der Waals surface area (Å²) in [6.45, 7) is 0.159. The number of hydrogen-bond acceptors (Lipinski definition) is 5. The SMILES string of the molecule is O=C(CCl)c1csc(-c2cc(Cl)c3c(c2)OCO3)n1. The summed E-state index contributed by atoms with van der Waals surface area (Å²) in [5, 5.41) is 2.83. The second-order valence-corrected chi connectivity index (χ2v) is 5.32. The van der Waals surface area contributed by atoms with Crippen molar-refractivity contribution in [1.29, 1.82) is 0 Å². The summed E-state index contributed by atoms with van der Waals surface area (Å²) >= 11 is 13.0. The van der Waals surface area contributed by atoms with E-state index in [4.69, 9.17) is 32.7 Å². The van der Waals surface area contributed by atoms with Gasteiger partial charge in [-0.05, 0) is 12.1 Å². The molecule has 7 heteroatoms. The number of nitrogens with zero attached hydrogens (tertiary/aromatic N) is 1. The maximum Gasteiger partial charge on any atom is 0.231 e. The molecule has 4 nitrogen and oxygen atoms in total. The van der Waals surface area contributed by atoms with Crippen molar-refractivity contribution in [3.8, 4) is 22.1 Å². The normalized spacial score (nSPS) is 12.7. The van der Waals surface area contributed by atoms with Crippen molar-refractivity contribution in [3.63, 3.8) is 0 Å². The number of rotatable bonds is 3. The van der Waals surface area contributed by atoms with E-state index in [-0.39, 0.29) is 18.5 Å². The predicted molar refractivity (Wildman–Crippen MR) is 73.7 cm³/mol. The number of carbonyl (C=O) groups is 1. The van der Waals surface area contributed by atoms with Crippen molar-refractivity contribution >= 4 is 40.3 Å². The molecule has 0 radical (unpaired) electrons. The number of alkyl halides is 1. The molecule has 1 aliphatic rings. The number of fused-ring (bicyclic) bond motifs is 1. The van der Waals surface area contributed by atoms with Gasteiger partial charge in [0.2, 0.25) is 6.79 Å². The van der Waals surface area contributed by atoms with Gasteiger partial charge < -0.3 is 9.47 Å². The summed E-state index contributed by atoms with van der Waals surface area (Å²) in [5.74, 6) is 0.850. The summed E-state index contributed by atoms with van der Waals surface area (Å²) in [6, 6.07) is 3.53. The van der Waals surface area contributed by atoms with E-state index in [2.05, 4.69) is 4.98 Å². The van der Waals surface area contributed by atoms with E-state index < -0.39 is 0 Å². The molecule has 0 saturated carbocycles. The first kappa shape index (κ1) is 12.7. The third kappa shape index (κ3) is 2.29. The highest BCUT2D eigenvalue weighted by Crippen LogP contribution is 2.42. The Kier molecular flexibility index (Phi) is 3.35. The zero-order valence-corrected chi connectivity index (χ0v) is 11.8. The first-order valence-corrected chi connectivity index (χ1v) is 7.12. The molecule has 2 heterocycles. The maximum atomic E-state index is 11.5. The number of hydrogen-bond donors (Lipinski definition) is 0. The van der Waals surface area contributed by atoms with Crippen LogP contribution in [0, 0.1) is 0 Å². The smallest absolute Gasteiger partial charge is 0.231 e. The van der Waals surface area contributed by atoms with Crippen LogP contribution in [0.4, 0.5) is 0 Å². The number of halogens is 2. The largest absolute Gasteiger partial charge is 0.454 e. The van der Waals surface area contributed by atoms with Crippen LogP contribution in [-0.4, -0.2) is 23.4 Å². The van der Waals surface area contributed by atoms with Gasteiger partial charge in [-0.25, -0.2) is 4.98 Å². The Balaban J connectivity index is 2.01. The fourth-order valence-corrected chi connectivity index (χ4v) is 2.91. The molecule has 98 valence electrons. The van der Waals surface area contributed by atoms with Gasteiger partial charge in [0, 0.05) is 10.9 Å². The Morgan fingerprint density at radius 2 is 2.26 bits per heavy atom. The molecule has 0 amide bonds. The van der Waals surface area contributed by atoms with E-state index >= 15 is 0 Å². The Hall–Kier alpha value is -1.30. The summed E-state index contributed by atoms with van der Waals surface area (Å²) in [6.07, 6.45) is 0. The van der Waals surface area contributed by atoms with Crippen LogP contribution in [0.1, 0.15) is 10.5 Å². The number of ether oxygens (including phenoxy) is 2. The average molecular weight is 316 g/mol. The average Bonchev–Trinajstić information content (AvgIpc) is 3.06. The molecule has 1 aromatic carbocycles. The van der Waals surface area contributed by atoms with E-state index in [1.807, 2.05) is 0 Å². The highest BCUT2D eigenvalue weighted by Gasteiger charge is 2.20. The quantitative estimate of drug-likeness (QED) is 0.641. The monoisotopic (exact) mass is 315 g/mol. The van der Waals surface area contributed by atoms with Gasteiger partial charge in [0.05, 0.1) is 10.9 Å². The van der Waals surface area contributed by atoms with Crippen LogP contribution in [0.3, 0.4) is 0 Å². The van der Waals surface area contributed by atoms with Crippen molar-refractivity contribution in [1.82, 2.24) is 4.98 Å². The third-order valence-electron chi connectivity index (χ3n) is 2.59. The van der Waals surface area contributed by atoms with Gasteiger partial charge in [0.1, 0.15) is 10.7 Å². The van der Waals surface area contributed by atoms with Crippen LogP contribution >= 0.6 is 34.5 Å². The molecule has 0 atom stereocenters. The van der Waals surface area contributed by atoms with Gasteiger partial charge in [0.25, 0.3) is 0 Å². The second-order valence-electron chi connectivity index (χ2n) is 3.79. The van der Waals surface area contributed by atoms with Crippen molar-refractivity contribution < 1.29 is 14.3 Å². The molecule has 3 rings (SSSR count). The molecule has 1 aromatic heterocycles. The van der Waals surface area contributed by atoms with Crippen LogP contribution in [0.25, 0.3) is 10.6 Å². The van der Waals surface area contributed by atoms with Crippen LogP contribution in [0.5, 0.6) is 11.5 Å². The first-order valence-electron chi connectivity index (χ1n) is 5.33. The lowest BCUT2D eigenvalue weighted by Gasteiger charge is -2.02. The summed E-state index contributed by atoms with van der Waals surface area (Å²) in [5.41, 5.74) is 1.15. The number of benzene rings is 1. The molecule has 19 heavy (non-hydrogen) atoms. The van der Waals surface area contributed by atoms with Crippen molar-refractivity contribution in [2.75, 3.05) is 12.7 Å². The van der Waals surface area contributed by atoms with Crippen LogP contribution in [0.2, 0.25) is 5.02 Å². The zero-order valence-electron chi connectivity index (χ0n) is 9.48. The lowest BCUT2D eigenvalue weighted by Crippen LogP contribution is -2.00. The second kappa shape index (κ2) is 5.00. The number of aromatic nitrogens is 1. The highest BCUT2D eigenvalue weighted by atomic mass is 35.5. The van der Waals surface area contributed by atoms with Gasteiger partial charge in [-0.15, -0.1) is 22.9 Å². The van der Waals surface area contributed by atoms with Gasteiger partial charge in [0.15, 0.2) is 17.3 Å². The highest BCUT2D eigenvalue weighted by molar-refractivity contribution is 7.13. The van der Waals surface area contributed by atoms with Gasteiger partial charge in [-0.2, -0.15) is 0 Å². The molecule has 0 aliphatic carbocycles. The molecule has 0 unspecified atom stereocenters. The van der Waals surface area contributed by atoms with Gasteiger partial charge in [-0.1, -0.05) is 11.6 Å².